The van der Waals surface area contributed by atoms with Crippen LogP contribution in [0.25, 0.3) is 0 Å². The van der Waals surface area contributed by atoms with Crippen molar-refractivity contribution in [1.29, 1.82) is 0 Å². The van der Waals surface area contributed by atoms with Gasteiger partial charge in [-0.3, -0.25) is 0 Å². The van der Waals surface area contributed by atoms with E-state index in [4.69, 9.17) is 0 Å². The first-order valence-corrected chi connectivity index (χ1v) is 7.03. The smallest absolute Gasteiger partial charge is 0.0295 e. The normalized spacial score (nSPS) is 46.6. The summed E-state index contributed by atoms with van der Waals surface area (Å²) in [6, 6.07) is 0. The van der Waals surface area contributed by atoms with E-state index in [0.29, 0.717) is 5.41 Å². The lowest BCUT2D eigenvalue weighted by Crippen LogP contribution is -2.41. The fraction of sp³-hybridized carbons (Fsp3) is 1.00. The molecule has 0 aromatic rings. The standard InChI is InChI=1S/C15H28/c1-11(2)13-7-9-15(4)8-5-6-12(3)14(15)10-13/h11-14H,5-10H2,1-4H3/t12-,13?,14+,15+/m0/s1. The van der Waals surface area contributed by atoms with Crippen molar-refractivity contribution >= 4 is 0 Å². The number of hydrogen-bond acceptors (Lipinski definition) is 0. The van der Waals surface area contributed by atoms with Gasteiger partial charge in [0, 0.05) is 0 Å². The monoisotopic (exact) mass is 208 g/mol. The second-order valence-electron chi connectivity index (χ2n) is 6.91. The van der Waals surface area contributed by atoms with Crippen molar-refractivity contribution in [3.8, 4) is 0 Å². The Morgan fingerprint density at radius 3 is 2.53 bits per heavy atom. The maximum Gasteiger partial charge on any atom is -0.0295 e. The molecule has 0 saturated heterocycles. The molecule has 0 radical (unpaired) electrons. The molecule has 0 aromatic heterocycles. The Hall–Kier alpha value is 0. The molecule has 0 N–H and O–H groups in total. The van der Waals surface area contributed by atoms with E-state index in [1.165, 1.54) is 38.5 Å². The zero-order valence-corrected chi connectivity index (χ0v) is 11.1. The minimum atomic E-state index is 0.711. The maximum absolute atomic E-state index is 2.57. The average molecular weight is 208 g/mol. The van der Waals surface area contributed by atoms with Crippen LogP contribution in [0.2, 0.25) is 0 Å². The molecule has 0 bridgehead atoms. The van der Waals surface area contributed by atoms with Crippen LogP contribution in [-0.4, -0.2) is 0 Å². The quantitative estimate of drug-likeness (QED) is 0.576. The van der Waals surface area contributed by atoms with Crippen LogP contribution < -0.4 is 0 Å². The molecule has 0 heteroatoms. The Balaban J connectivity index is 2.09. The molecule has 0 aliphatic heterocycles. The molecule has 2 aliphatic carbocycles. The van der Waals surface area contributed by atoms with E-state index in [2.05, 4.69) is 27.7 Å². The Labute approximate surface area is 95.8 Å². The first kappa shape index (κ1) is 11.5. The molecule has 0 spiro atoms. The molecule has 0 aromatic carbocycles. The number of fused-ring (bicyclic) bond motifs is 1. The molecule has 2 rings (SSSR count). The zero-order chi connectivity index (χ0) is 11.1. The summed E-state index contributed by atoms with van der Waals surface area (Å²) in [5, 5.41) is 0. The van der Waals surface area contributed by atoms with Crippen LogP contribution in [0, 0.1) is 29.1 Å². The number of hydrogen-bond donors (Lipinski definition) is 0. The Morgan fingerprint density at radius 2 is 1.87 bits per heavy atom. The van der Waals surface area contributed by atoms with Crippen LogP contribution in [0.4, 0.5) is 0 Å². The van der Waals surface area contributed by atoms with E-state index < -0.39 is 0 Å². The lowest BCUT2D eigenvalue weighted by Gasteiger charge is -2.51. The van der Waals surface area contributed by atoms with Crippen LogP contribution in [0.3, 0.4) is 0 Å². The van der Waals surface area contributed by atoms with Gasteiger partial charge in [-0.05, 0) is 54.8 Å². The summed E-state index contributed by atoms with van der Waals surface area (Å²) in [6.45, 7) is 9.91. The van der Waals surface area contributed by atoms with Crippen LogP contribution in [0.5, 0.6) is 0 Å². The van der Waals surface area contributed by atoms with Gasteiger partial charge in [0.05, 0.1) is 0 Å². The van der Waals surface area contributed by atoms with Crippen LogP contribution in [0.15, 0.2) is 0 Å². The van der Waals surface area contributed by atoms with Gasteiger partial charge in [-0.2, -0.15) is 0 Å². The predicted molar refractivity (Wildman–Crippen MR) is 66.8 cm³/mol. The first-order valence-electron chi connectivity index (χ1n) is 7.03. The van der Waals surface area contributed by atoms with Gasteiger partial charge < -0.3 is 0 Å². The molecule has 2 saturated carbocycles. The molecule has 0 nitrogen and oxygen atoms in total. The predicted octanol–water partition coefficient (Wildman–Crippen LogP) is 4.89. The molecular weight excluding hydrogens is 180 g/mol. The number of rotatable bonds is 1. The average Bonchev–Trinajstić information content (AvgIpc) is 2.17. The maximum atomic E-state index is 2.57. The van der Waals surface area contributed by atoms with E-state index >= 15 is 0 Å². The van der Waals surface area contributed by atoms with E-state index in [1.54, 1.807) is 0 Å². The van der Waals surface area contributed by atoms with E-state index in [9.17, 15) is 0 Å². The van der Waals surface area contributed by atoms with Gasteiger partial charge in [0.2, 0.25) is 0 Å². The van der Waals surface area contributed by atoms with Crippen LogP contribution >= 0.6 is 0 Å². The molecule has 1 unspecified atom stereocenters. The second kappa shape index (κ2) is 4.11. The summed E-state index contributed by atoms with van der Waals surface area (Å²) < 4.78 is 0. The van der Waals surface area contributed by atoms with E-state index in [1.807, 2.05) is 0 Å². The second-order valence-corrected chi connectivity index (χ2v) is 6.91. The van der Waals surface area contributed by atoms with Gasteiger partial charge in [-0.1, -0.05) is 40.5 Å². The molecule has 15 heavy (non-hydrogen) atoms. The lowest BCUT2D eigenvalue weighted by molar-refractivity contribution is -0.00939. The lowest BCUT2D eigenvalue weighted by atomic mass is 9.54. The molecular formula is C15H28. The molecule has 0 heterocycles. The van der Waals surface area contributed by atoms with Gasteiger partial charge in [-0.15, -0.1) is 0 Å². The van der Waals surface area contributed by atoms with E-state index in [0.717, 1.165) is 23.7 Å². The Kier molecular flexibility index (Phi) is 3.14. The third kappa shape index (κ3) is 2.10. The van der Waals surface area contributed by atoms with E-state index in [-0.39, 0.29) is 0 Å². The Bertz CT molecular complexity index is 218. The summed E-state index contributed by atoms with van der Waals surface area (Å²) in [6.07, 6.45) is 9.01. The van der Waals surface area contributed by atoms with Gasteiger partial charge in [0.15, 0.2) is 0 Å². The fourth-order valence-electron chi connectivity index (χ4n) is 4.29. The Morgan fingerprint density at radius 1 is 1.13 bits per heavy atom. The third-order valence-corrected chi connectivity index (χ3v) is 5.58. The SMILES string of the molecule is CC(C)C1CC[C@@]2(C)CCC[C@H](C)[C@H]2C1. The summed E-state index contributed by atoms with van der Waals surface area (Å²) in [5.74, 6) is 3.95. The van der Waals surface area contributed by atoms with Crippen LogP contribution in [-0.2, 0) is 0 Å². The highest BCUT2D eigenvalue weighted by atomic mass is 14.5. The highest BCUT2D eigenvalue weighted by Gasteiger charge is 2.44. The van der Waals surface area contributed by atoms with Gasteiger partial charge >= 0.3 is 0 Å². The molecule has 2 fully saturated rings. The van der Waals surface area contributed by atoms with Gasteiger partial charge in [0.1, 0.15) is 0 Å². The van der Waals surface area contributed by atoms with Gasteiger partial charge in [-0.25, -0.2) is 0 Å². The fourth-order valence-corrected chi connectivity index (χ4v) is 4.29. The van der Waals surface area contributed by atoms with Crippen molar-refractivity contribution in [2.24, 2.45) is 29.1 Å². The summed E-state index contributed by atoms with van der Waals surface area (Å²) in [7, 11) is 0. The van der Waals surface area contributed by atoms with Crippen molar-refractivity contribution in [2.45, 2.75) is 66.2 Å². The summed E-state index contributed by atoms with van der Waals surface area (Å²) in [4.78, 5) is 0. The van der Waals surface area contributed by atoms with Crippen molar-refractivity contribution in [3.63, 3.8) is 0 Å². The molecule has 0 amide bonds. The van der Waals surface area contributed by atoms with Gasteiger partial charge in [0.25, 0.3) is 0 Å². The molecule has 2 aliphatic rings. The minimum absolute atomic E-state index is 0.711. The summed E-state index contributed by atoms with van der Waals surface area (Å²) >= 11 is 0. The topological polar surface area (TPSA) is 0 Å². The summed E-state index contributed by atoms with van der Waals surface area (Å²) in [5.41, 5.74) is 0.711. The van der Waals surface area contributed by atoms with Crippen molar-refractivity contribution in [3.05, 3.63) is 0 Å². The highest BCUT2D eigenvalue weighted by Crippen LogP contribution is 2.54. The third-order valence-electron chi connectivity index (χ3n) is 5.58. The minimum Gasteiger partial charge on any atom is -0.0625 e. The zero-order valence-electron chi connectivity index (χ0n) is 11.1. The largest absolute Gasteiger partial charge is 0.0625 e. The first-order chi connectivity index (χ1) is 7.03. The highest BCUT2D eigenvalue weighted by molar-refractivity contribution is 4.94. The van der Waals surface area contributed by atoms with Crippen LogP contribution in [0.1, 0.15) is 66.2 Å². The molecule has 4 atom stereocenters. The molecule has 88 valence electrons. The van der Waals surface area contributed by atoms with Crippen molar-refractivity contribution in [1.82, 2.24) is 0 Å². The van der Waals surface area contributed by atoms with Crippen molar-refractivity contribution < 1.29 is 0 Å². The van der Waals surface area contributed by atoms with Crippen molar-refractivity contribution in [2.75, 3.05) is 0 Å².